The number of methoxy groups -OCH3 is 1. The van der Waals surface area contributed by atoms with Crippen molar-refractivity contribution in [3.8, 4) is 0 Å². The van der Waals surface area contributed by atoms with Crippen LogP contribution in [0.3, 0.4) is 0 Å². The molecule has 0 saturated heterocycles. The van der Waals surface area contributed by atoms with Gasteiger partial charge in [0.05, 0.1) is 18.4 Å². The number of hydrogen-bond donors (Lipinski definition) is 3. The number of hydrogen-bond acceptors (Lipinski definition) is 4. The Bertz CT molecular complexity index is 517. The van der Waals surface area contributed by atoms with Gasteiger partial charge in [-0.2, -0.15) is 0 Å². The van der Waals surface area contributed by atoms with E-state index in [1.807, 2.05) is 6.92 Å². The first-order chi connectivity index (χ1) is 11.7. The third-order valence-electron chi connectivity index (χ3n) is 4.49. The van der Waals surface area contributed by atoms with Gasteiger partial charge in [-0.3, -0.25) is 4.99 Å². The fourth-order valence-corrected chi connectivity index (χ4v) is 3.54. The van der Waals surface area contributed by atoms with Gasteiger partial charge in [-0.1, -0.05) is 27.2 Å². The molecule has 0 aliphatic heterocycles. The number of guanidine groups is 1. The first kappa shape index (κ1) is 25.9. The monoisotopic (exact) mass is 504 g/mol. The summed E-state index contributed by atoms with van der Waals surface area (Å²) >= 11 is 0. The minimum Gasteiger partial charge on any atom is -0.379 e. The van der Waals surface area contributed by atoms with Gasteiger partial charge in [0.25, 0.3) is 0 Å². The van der Waals surface area contributed by atoms with Gasteiger partial charge in [-0.25, -0.2) is 13.1 Å². The third-order valence-corrected chi connectivity index (χ3v) is 5.84. The highest BCUT2D eigenvalue weighted by molar-refractivity contribution is 14.0. The number of nitrogens with zero attached hydrogens (tertiary/aromatic N) is 1. The molecular formula is C17H37IN4O3S. The van der Waals surface area contributed by atoms with Crippen LogP contribution < -0.4 is 15.4 Å². The highest BCUT2D eigenvalue weighted by Crippen LogP contribution is 2.25. The SMILES string of the molecule is CCNC(=NCC(OC)C(C)(C)C)NCCS(=O)(=O)NCC1CCC1.I. The highest BCUT2D eigenvalue weighted by atomic mass is 127. The van der Waals surface area contributed by atoms with E-state index in [1.165, 1.54) is 6.42 Å². The van der Waals surface area contributed by atoms with Crippen molar-refractivity contribution in [2.24, 2.45) is 16.3 Å². The summed E-state index contributed by atoms with van der Waals surface area (Å²) in [6.45, 7) is 10.4. The lowest BCUT2D eigenvalue weighted by Crippen LogP contribution is -2.43. The second kappa shape index (κ2) is 12.4. The standard InChI is InChI=1S/C17H36N4O3S.HI/c1-6-18-16(20-13-15(24-5)17(2,3)4)19-10-11-25(22,23)21-12-14-8-7-9-14;/h14-15,21H,6-13H2,1-5H3,(H2,18,19,20);1H. The molecular weight excluding hydrogens is 467 g/mol. The fraction of sp³-hybridized carbons (Fsp3) is 0.941. The Kier molecular flexibility index (Phi) is 12.3. The quantitative estimate of drug-likeness (QED) is 0.240. The molecule has 1 saturated carbocycles. The molecule has 0 heterocycles. The molecule has 1 aliphatic rings. The van der Waals surface area contributed by atoms with Crippen molar-refractivity contribution in [3.05, 3.63) is 0 Å². The summed E-state index contributed by atoms with van der Waals surface area (Å²) in [4.78, 5) is 4.52. The summed E-state index contributed by atoms with van der Waals surface area (Å²) in [7, 11) is -1.56. The van der Waals surface area contributed by atoms with Crippen molar-refractivity contribution in [1.29, 1.82) is 0 Å². The van der Waals surface area contributed by atoms with E-state index in [0.717, 1.165) is 12.8 Å². The molecule has 9 heteroatoms. The second-order valence-corrected chi connectivity index (χ2v) is 9.63. The largest absolute Gasteiger partial charge is 0.379 e. The van der Waals surface area contributed by atoms with Crippen LogP contribution in [-0.4, -0.2) is 59.5 Å². The van der Waals surface area contributed by atoms with Gasteiger partial charge < -0.3 is 15.4 Å². The van der Waals surface area contributed by atoms with E-state index in [1.54, 1.807) is 7.11 Å². The molecule has 1 fully saturated rings. The molecule has 1 aliphatic carbocycles. The smallest absolute Gasteiger partial charge is 0.213 e. The average Bonchev–Trinajstić information content (AvgIpc) is 2.44. The molecule has 1 atom stereocenters. The lowest BCUT2D eigenvalue weighted by Gasteiger charge is -2.28. The molecule has 0 aromatic carbocycles. The molecule has 3 N–H and O–H groups in total. The van der Waals surface area contributed by atoms with E-state index >= 15 is 0 Å². The topological polar surface area (TPSA) is 91.8 Å². The number of aliphatic imine (C=N–C) groups is 1. The van der Waals surface area contributed by atoms with E-state index in [9.17, 15) is 8.42 Å². The van der Waals surface area contributed by atoms with Crippen molar-refractivity contribution in [3.63, 3.8) is 0 Å². The Morgan fingerprint density at radius 1 is 1.27 bits per heavy atom. The van der Waals surface area contributed by atoms with Crippen LogP contribution >= 0.6 is 24.0 Å². The summed E-state index contributed by atoms with van der Waals surface area (Å²) in [6.07, 6.45) is 3.47. The molecule has 156 valence electrons. The van der Waals surface area contributed by atoms with Crippen LogP contribution in [0.15, 0.2) is 4.99 Å². The van der Waals surface area contributed by atoms with Gasteiger partial charge in [0.2, 0.25) is 10.0 Å². The van der Waals surface area contributed by atoms with E-state index in [2.05, 4.69) is 41.1 Å². The van der Waals surface area contributed by atoms with Gasteiger partial charge in [0.15, 0.2) is 5.96 Å². The van der Waals surface area contributed by atoms with Gasteiger partial charge in [-0.15, -0.1) is 24.0 Å². The van der Waals surface area contributed by atoms with Crippen molar-refractivity contribution in [1.82, 2.24) is 15.4 Å². The molecule has 1 unspecified atom stereocenters. The van der Waals surface area contributed by atoms with Crippen LogP contribution in [-0.2, 0) is 14.8 Å². The van der Waals surface area contributed by atoms with Crippen molar-refractivity contribution < 1.29 is 13.2 Å². The van der Waals surface area contributed by atoms with Crippen molar-refractivity contribution in [2.45, 2.75) is 53.1 Å². The molecule has 0 aromatic rings. The highest BCUT2D eigenvalue weighted by Gasteiger charge is 2.24. The molecule has 0 amide bonds. The Labute approximate surface area is 176 Å². The Morgan fingerprint density at radius 3 is 2.38 bits per heavy atom. The maximum absolute atomic E-state index is 12.0. The number of rotatable bonds is 10. The second-order valence-electron chi connectivity index (χ2n) is 7.70. The molecule has 0 radical (unpaired) electrons. The summed E-state index contributed by atoms with van der Waals surface area (Å²) in [5.41, 5.74) is -0.00956. The van der Waals surface area contributed by atoms with Gasteiger partial charge in [0, 0.05) is 26.7 Å². The Hall–Kier alpha value is -0.130. The molecule has 0 aromatic heterocycles. The lowest BCUT2D eigenvalue weighted by atomic mass is 9.86. The van der Waals surface area contributed by atoms with E-state index in [4.69, 9.17) is 4.74 Å². The van der Waals surface area contributed by atoms with Crippen LogP contribution in [0.25, 0.3) is 0 Å². The Morgan fingerprint density at radius 2 is 1.92 bits per heavy atom. The number of sulfonamides is 1. The first-order valence-electron chi connectivity index (χ1n) is 9.20. The van der Waals surface area contributed by atoms with E-state index < -0.39 is 10.0 Å². The zero-order valence-corrected chi connectivity index (χ0v) is 19.9. The summed E-state index contributed by atoms with van der Waals surface area (Å²) in [5.74, 6) is 1.17. The van der Waals surface area contributed by atoms with Crippen LogP contribution in [0.2, 0.25) is 0 Å². The summed E-state index contributed by atoms with van der Waals surface area (Å²) in [5, 5.41) is 6.22. The number of ether oxygens (including phenoxy) is 1. The maximum Gasteiger partial charge on any atom is 0.213 e. The van der Waals surface area contributed by atoms with Crippen molar-refractivity contribution >= 4 is 40.0 Å². The molecule has 7 nitrogen and oxygen atoms in total. The van der Waals surface area contributed by atoms with Crippen molar-refractivity contribution in [2.75, 3.05) is 39.0 Å². The first-order valence-corrected chi connectivity index (χ1v) is 10.9. The van der Waals surface area contributed by atoms with Crippen LogP contribution in [0.4, 0.5) is 0 Å². The van der Waals surface area contributed by atoms with E-state index in [-0.39, 0.29) is 41.2 Å². The van der Waals surface area contributed by atoms with Gasteiger partial charge in [-0.05, 0) is 31.1 Å². The van der Waals surface area contributed by atoms with E-state index in [0.29, 0.717) is 38.1 Å². The molecule has 26 heavy (non-hydrogen) atoms. The minimum absolute atomic E-state index is 0. The lowest BCUT2D eigenvalue weighted by molar-refractivity contribution is 0.0241. The summed E-state index contributed by atoms with van der Waals surface area (Å²) in [6, 6.07) is 0. The zero-order valence-electron chi connectivity index (χ0n) is 16.8. The van der Waals surface area contributed by atoms with Crippen LogP contribution in [0, 0.1) is 11.3 Å². The zero-order chi connectivity index (χ0) is 18.9. The van der Waals surface area contributed by atoms with Gasteiger partial charge in [0.1, 0.15) is 0 Å². The van der Waals surface area contributed by atoms with Crippen LogP contribution in [0.1, 0.15) is 47.0 Å². The number of nitrogens with one attached hydrogen (secondary N) is 3. The predicted octanol–water partition coefficient (Wildman–Crippen LogP) is 1.94. The minimum atomic E-state index is -3.24. The predicted molar refractivity (Wildman–Crippen MR) is 119 cm³/mol. The third kappa shape index (κ3) is 10.3. The molecule has 0 spiro atoms. The molecule has 0 bridgehead atoms. The average molecular weight is 504 g/mol. The Balaban J connectivity index is 0.00000625. The maximum atomic E-state index is 12.0. The number of halogens is 1. The fourth-order valence-electron chi connectivity index (χ4n) is 2.54. The summed E-state index contributed by atoms with van der Waals surface area (Å²) < 4.78 is 32.3. The van der Waals surface area contributed by atoms with Crippen LogP contribution in [0.5, 0.6) is 0 Å². The van der Waals surface area contributed by atoms with Gasteiger partial charge >= 0.3 is 0 Å². The molecule has 1 rings (SSSR count). The normalized spacial score (nSPS) is 17.2.